The number of rotatable bonds is 4. The maximum absolute atomic E-state index is 12.6. The summed E-state index contributed by atoms with van der Waals surface area (Å²) in [6.07, 6.45) is 1.48. The monoisotopic (exact) mass is 367 g/mol. The van der Waals surface area contributed by atoms with Crippen LogP contribution in [0, 0.1) is 0 Å². The third-order valence-corrected chi connectivity index (χ3v) is 4.26. The Balaban J connectivity index is 1.95. The number of amides is 1. The van der Waals surface area contributed by atoms with Gasteiger partial charge in [0, 0.05) is 22.5 Å². The van der Waals surface area contributed by atoms with Crippen molar-refractivity contribution in [3.05, 3.63) is 70.9 Å². The number of nitrogens with two attached hydrogens (primary N) is 2. The van der Waals surface area contributed by atoms with Gasteiger partial charge in [0.15, 0.2) is 11.8 Å². The van der Waals surface area contributed by atoms with E-state index in [-0.39, 0.29) is 17.9 Å². The lowest BCUT2D eigenvalue weighted by Crippen LogP contribution is -2.26. The van der Waals surface area contributed by atoms with Crippen LogP contribution in [0.5, 0.6) is 0 Å². The summed E-state index contributed by atoms with van der Waals surface area (Å²) in [5, 5.41) is 4.75. The van der Waals surface area contributed by atoms with Crippen molar-refractivity contribution in [1.82, 2.24) is 10.3 Å². The van der Waals surface area contributed by atoms with Gasteiger partial charge in [0.05, 0.1) is 11.1 Å². The Labute approximate surface area is 155 Å². The number of aromatic nitrogens is 1. The second-order valence-electron chi connectivity index (χ2n) is 5.83. The van der Waals surface area contributed by atoms with Gasteiger partial charge in [-0.1, -0.05) is 48.0 Å². The highest BCUT2D eigenvalue weighted by molar-refractivity contribution is 6.35. The summed E-state index contributed by atoms with van der Waals surface area (Å²) in [7, 11) is 0. The van der Waals surface area contributed by atoms with E-state index in [1.807, 2.05) is 37.3 Å². The van der Waals surface area contributed by atoms with Crippen LogP contribution in [0.1, 0.15) is 28.9 Å². The molecule has 0 aliphatic carbocycles. The summed E-state index contributed by atoms with van der Waals surface area (Å²) in [5.41, 5.74) is 12.4. The van der Waals surface area contributed by atoms with E-state index in [1.165, 1.54) is 6.20 Å². The van der Waals surface area contributed by atoms with Crippen LogP contribution in [-0.4, -0.2) is 16.9 Å². The minimum atomic E-state index is -0.209. The van der Waals surface area contributed by atoms with Crippen LogP contribution < -0.4 is 16.8 Å². The normalized spacial score (nSPS) is 11.8. The zero-order valence-electron chi connectivity index (χ0n) is 14.1. The predicted molar refractivity (Wildman–Crippen MR) is 105 cm³/mol. The molecule has 2 aromatic carbocycles. The van der Waals surface area contributed by atoms with Crippen LogP contribution in [-0.2, 0) is 0 Å². The third-order valence-electron chi connectivity index (χ3n) is 3.96. The molecule has 132 valence electrons. The molecule has 1 aromatic heterocycles. The van der Waals surface area contributed by atoms with E-state index in [4.69, 9.17) is 23.1 Å². The van der Waals surface area contributed by atoms with Gasteiger partial charge >= 0.3 is 0 Å². The van der Waals surface area contributed by atoms with Gasteiger partial charge in [0.2, 0.25) is 0 Å². The zero-order valence-corrected chi connectivity index (χ0v) is 14.9. The molecule has 1 amide bonds. The van der Waals surface area contributed by atoms with Crippen molar-refractivity contribution in [2.75, 3.05) is 0 Å². The summed E-state index contributed by atoms with van der Waals surface area (Å²) in [5.74, 6) is -0.0114. The van der Waals surface area contributed by atoms with E-state index < -0.39 is 0 Å². The maximum atomic E-state index is 12.6. The van der Waals surface area contributed by atoms with Crippen LogP contribution in [0.3, 0.4) is 0 Å². The van der Waals surface area contributed by atoms with E-state index in [0.717, 1.165) is 5.56 Å². The number of benzene rings is 2. The average molecular weight is 368 g/mol. The number of carbonyl (C=O) groups is 1. The molecule has 1 heterocycles. The second-order valence-corrected chi connectivity index (χ2v) is 6.24. The second kappa shape index (κ2) is 7.41. The molecule has 6 nitrogen and oxygen atoms in total. The molecule has 3 rings (SSSR count). The van der Waals surface area contributed by atoms with Crippen LogP contribution in [0.2, 0.25) is 5.02 Å². The van der Waals surface area contributed by atoms with Crippen LogP contribution >= 0.6 is 11.6 Å². The van der Waals surface area contributed by atoms with Crippen molar-refractivity contribution in [1.29, 1.82) is 0 Å². The number of aliphatic imine (C=N–C) groups is 1. The van der Waals surface area contributed by atoms with Crippen molar-refractivity contribution in [3.63, 3.8) is 0 Å². The smallest absolute Gasteiger partial charge is 0.251 e. The molecular formula is C19H18ClN5O. The molecule has 3 aromatic rings. The molecule has 5 N–H and O–H groups in total. The van der Waals surface area contributed by atoms with E-state index in [9.17, 15) is 4.79 Å². The zero-order chi connectivity index (χ0) is 18.7. The first kappa shape index (κ1) is 17.7. The Hall–Kier alpha value is -3.12. The number of pyridine rings is 1. The lowest BCUT2D eigenvalue weighted by Gasteiger charge is -2.15. The molecule has 26 heavy (non-hydrogen) atoms. The van der Waals surface area contributed by atoms with Gasteiger partial charge < -0.3 is 16.8 Å². The van der Waals surface area contributed by atoms with Gasteiger partial charge in [0.1, 0.15) is 0 Å². The highest BCUT2D eigenvalue weighted by Gasteiger charge is 2.14. The maximum Gasteiger partial charge on any atom is 0.251 e. The summed E-state index contributed by atoms with van der Waals surface area (Å²) in [4.78, 5) is 20.8. The lowest BCUT2D eigenvalue weighted by atomic mass is 10.1. The fourth-order valence-corrected chi connectivity index (χ4v) is 2.87. The first-order valence-corrected chi connectivity index (χ1v) is 8.37. The third kappa shape index (κ3) is 3.75. The van der Waals surface area contributed by atoms with Crippen molar-refractivity contribution in [2.24, 2.45) is 16.5 Å². The SMILES string of the molecule is C[C@H](NC(=O)c1ccc2c(Cl)cnc(N=C(N)N)c2c1)c1ccccc1. The van der Waals surface area contributed by atoms with E-state index in [1.54, 1.807) is 18.2 Å². The number of fused-ring (bicyclic) bond motifs is 1. The van der Waals surface area contributed by atoms with Gasteiger partial charge in [-0.15, -0.1) is 0 Å². The van der Waals surface area contributed by atoms with E-state index in [2.05, 4.69) is 15.3 Å². The highest BCUT2D eigenvalue weighted by atomic mass is 35.5. The van der Waals surface area contributed by atoms with Gasteiger partial charge in [-0.05, 0) is 24.6 Å². The molecule has 0 aliphatic heterocycles. The minimum Gasteiger partial charge on any atom is -0.370 e. The van der Waals surface area contributed by atoms with Crippen molar-refractivity contribution < 1.29 is 4.79 Å². The van der Waals surface area contributed by atoms with Crippen molar-refractivity contribution in [3.8, 4) is 0 Å². The quantitative estimate of drug-likeness (QED) is 0.486. The molecule has 0 spiro atoms. The Bertz CT molecular complexity index is 984. The summed E-state index contributed by atoms with van der Waals surface area (Å²) in [6, 6.07) is 14.7. The lowest BCUT2D eigenvalue weighted by molar-refractivity contribution is 0.0940. The van der Waals surface area contributed by atoms with Gasteiger partial charge in [-0.3, -0.25) is 4.79 Å². The number of nitrogens with zero attached hydrogens (tertiary/aromatic N) is 2. The van der Waals surface area contributed by atoms with Crippen LogP contribution in [0.15, 0.2) is 59.7 Å². The first-order chi connectivity index (χ1) is 12.5. The number of guanidine groups is 1. The highest BCUT2D eigenvalue weighted by Crippen LogP contribution is 2.30. The summed E-state index contributed by atoms with van der Waals surface area (Å²) < 4.78 is 0. The fourth-order valence-electron chi connectivity index (χ4n) is 2.65. The molecule has 1 atom stereocenters. The summed E-state index contributed by atoms with van der Waals surface area (Å²) >= 11 is 6.19. The minimum absolute atomic E-state index is 0.117. The van der Waals surface area contributed by atoms with Crippen molar-refractivity contribution in [2.45, 2.75) is 13.0 Å². The van der Waals surface area contributed by atoms with Gasteiger partial charge in [-0.2, -0.15) is 4.99 Å². The van der Waals surface area contributed by atoms with Crippen LogP contribution in [0.4, 0.5) is 5.82 Å². The molecule has 0 saturated carbocycles. The summed E-state index contributed by atoms with van der Waals surface area (Å²) in [6.45, 7) is 1.93. The van der Waals surface area contributed by atoms with Gasteiger partial charge in [0.25, 0.3) is 5.91 Å². The predicted octanol–water partition coefficient (Wildman–Crippen LogP) is 3.28. The topological polar surface area (TPSA) is 106 Å². The molecule has 7 heteroatoms. The Morgan fingerprint density at radius 1 is 1.15 bits per heavy atom. The van der Waals surface area contributed by atoms with E-state index >= 15 is 0 Å². The standard InChI is InChI=1S/C19H18ClN5O/c1-11(12-5-3-2-4-6-12)24-18(26)13-7-8-14-15(9-13)17(25-19(21)22)23-10-16(14)20/h2-11H,1H3,(H,24,26)(H4,21,22,23,25)/t11-/m0/s1. The van der Waals surface area contributed by atoms with Crippen molar-refractivity contribution >= 4 is 40.1 Å². The Morgan fingerprint density at radius 2 is 1.88 bits per heavy atom. The number of carbonyl (C=O) groups excluding carboxylic acids is 1. The fraction of sp³-hybridized carbons (Fsp3) is 0.105. The average Bonchev–Trinajstić information content (AvgIpc) is 2.64. The van der Waals surface area contributed by atoms with Crippen LogP contribution in [0.25, 0.3) is 10.8 Å². The number of hydrogen-bond donors (Lipinski definition) is 3. The largest absolute Gasteiger partial charge is 0.370 e. The first-order valence-electron chi connectivity index (χ1n) is 7.99. The number of nitrogens with one attached hydrogen (secondary N) is 1. The molecule has 0 aliphatic rings. The molecule has 0 bridgehead atoms. The van der Waals surface area contributed by atoms with E-state index in [0.29, 0.717) is 27.2 Å². The number of halogens is 1. The molecule has 0 fully saturated rings. The molecule has 0 unspecified atom stereocenters. The van der Waals surface area contributed by atoms with Gasteiger partial charge in [-0.25, -0.2) is 4.98 Å². The Morgan fingerprint density at radius 3 is 2.58 bits per heavy atom. The number of hydrogen-bond acceptors (Lipinski definition) is 3. The molecular weight excluding hydrogens is 350 g/mol. The Kier molecular flexibility index (Phi) is 5.04. The molecule has 0 radical (unpaired) electrons. The molecule has 0 saturated heterocycles.